The highest BCUT2D eigenvalue weighted by Crippen LogP contribution is 2.34. The van der Waals surface area contributed by atoms with E-state index in [4.69, 9.17) is 23.2 Å². The van der Waals surface area contributed by atoms with Crippen molar-refractivity contribution in [2.24, 2.45) is 4.99 Å². The molecule has 5 nitrogen and oxygen atoms in total. The molecule has 31 heavy (non-hydrogen) atoms. The van der Waals surface area contributed by atoms with E-state index in [2.05, 4.69) is 9.89 Å². The van der Waals surface area contributed by atoms with Gasteiger partial charge in [0, 0.05) is 43.0 Å². The second kappa shape index (κ2) is 9.90. The van der Waals surface area contributed by atoms with Crippen LogP contribution < -0.4 is 4.90 Å². The zero-order valence-electron chi connectivity index (χ0n) is 17.4. The summed E-state index contributed by atoms with van der Waals surface area (Å²) in [5.74, 6) is 0. The lowest BCUT2D eigenvalue weighted by atomic mass is 10.1. The van der Waals surface area contributed by atoms with E-state index >= 15 is 0 Å². The molecular formula is C23H27Cl2N3O2S. The summed E-state index contributed by atoms with van der Waals surface area (Å²) in [6, 6.07) is 10.7. The van der Waals surface area contributed by atoms with Gasteiger partial charge in [-0.05, 0) is 62.4 Å². The maximum atomic E-state index is 13.6. The minimum atomic E-state index is -3.59. The Morgan fingerprint density at radius 1 is 0.839 bits per heavy atom. The van der Waals surface area contributed by atoms with E-state index < -0.39 is 10.0 Å². The molecule has 0 atom stereocenters. The minimum absolute atomic E-state index is 0.355. The van der Waals surface area contributed by atoms with Crippen LogP contribution >= 0.6 is 23.2 Å². The average molecular weight is 480 g/mol. The van der Waals surface area contributed by atoms with E-state index in [0.717, 1.165) is 56.4 Å². The molecule has 0 aromatic heterocycles. The molecule has 0 unspecified atom stereocenters. The van der Waals surface area contributed by atoms with Crippen LogP contribution in [0.4, 0.5) is 11.4 Å². The summed E-state index contributed by atoms with van der Waals surface area (Å²) in [4.78, 5) is 7.07. The molecule has 2 aromatic rings. The molecule has 166 valence electrons. The van der Waals surface area contributed by atoms with E-state index in [1.807, 2.05) is 12.1 Å². The fraction of sp³-hybridized carbons (Fsp3) is 0.435. The van der Waals surface area contributed by atoms with Gasteiger partial charge in [0.05, 0.1) is 16.4 Å². The van der Waals surface area contributed by atoms with Crippen LogP contribution in [0.5, 0.6) is 0 Å². The van der Waals surface area contributed by atoms with Gasteiger partial charge in [0.2, 0.25) is 10.0 Å². The largest absolute Gasteiger partial charge is 0.370 e. The third kappa shape index (κ3) is 5.25. The maximum absolute atomic E-state index is 13.6. The molecule has 0 bridgehead atoms. The van der Waals surface area contributed by atoms with Crippen LogP contribution in [0.25, 0.3) is 0 Å². The second-order valence-corrected chi connectivity index (χ2v) is 10.8. The zero-order valence-corrected chi connectivity index (χ0v) is 19.8. The second-order valence-electron chi connectivity index (χ2n) is 8.09. The first-order chi connectivity index (χ1) is 14.9. The van der Waals surface area contributed by atoms with Crippen molar-refractivity contribution in [3.63, 3.8) is 0 Å². The Kier molecular flexibility index (Phi) is 7.22. The van der Waals surface area contributed by atoms with Crippen LogP contribution in [0.2, 0.25) is 10.0 Å². The third-order valence-corrected chi connectivity index (χ3v) is 8.38. The van der Waals surface area contributed by atoms with E-state index in [1.165, 1.54) is 6.42 Å². The van der Waals surface area contributed by atoms with Gasteiger partial charge >= 0.3 is 0 Å². The lowest BCUT2D eigenvalue weighted by Crippen LogP contribution is -2.37. The van der Waals surface area contributed by atoms with E-state index in [1.54, 1.807) is 34.8 Å². The SMILES string of the molecule is O=S(=O)(c1cc(N=Cc2ccc(Cl)cc2Cl)ccc1N1CCCCC1)N1CCCCC1. The number of hydrogen-bond donors (Lipinski definition) is 0. The van der Waals surface area contributed by atoms with Gasteiger partial charge in [-0.2, -0.15) is 4.31 Å². The number of benzene rings is 2. The van der Waals surface area contributed by atoms with Crippen molar-refractivity contribution >= 4 is 50.8 Å². The van der Waals surface area contributed by atoms with Gasteiger partial charge in [0.25, 0.3) is 0 Å². The van der Waals surface area contributed by atoms with Gasteiger partial charge in [0.15, 0.2) is 0 Å². The predicted octanol–water partition coefficient (Wildman–Crippen LogP) is 5.91. The Hall–Kier alpha value is -1.60. The van der Waals surface area contributed by atoms with E-state index in [9.17, 15) is 8.42 Å². The van der Waals surface area contributed by atoms with Gasteiger partial charge in [-0.3, -0.25) is 4.99 Å². The van der Waals surface area contributed by atoms with Crippen LogP contribution in [0.3, 0.4) is 0 Å². The lowest BCUT2D eigenvalue weighted by Gasteiger charge is -2.32. The highest BCUT2D eigenvalue weighted by atomic mass is 35.5. The van der Waals surface area contributed by atoms with Crippen molar-refractivity contribution in [2.45, 2.75) is 43.4 Å². The number of nitrogens with zero attached hydrogens (tertiary/aromatic N) is 3. The molecule has 0 radical (unpaired) electrons. The molecule has 2 aliphatic heterocycles. The molecule has 0 spiro atoms. The van der Waals surface area contributed by atoms with E-state index in [-0.39, 0.29) is 0 Å². The first kappa shape index (κ1) is 22.6. The van der Waals surface area contributed by atoms with Gasteiger partial charge in [-0.15, -0.1) is 0 Å². The summed E-state index contributed by atoms with van der Waals surface area (Å²) >= 11 is 12.2. The number of halogens is 2. The Morgan fingerprint density at radius 2 is 1.52 bits per heavy atom. The monoisotopic (exact) mass is 479 g/mol. The van der Waals surface area contributed by atoms with Gasteiger partial charge < -0.3 is 4.90 Å². The summed E-state index contributed by atoms with van der Waals surface area (Å²) in [6.45, 7) is 2.92. The van der Waals surface area contributed by atoms with Crippen LogP contribution in [-0.2, 0) is 10.0 Å². The number of rotatable bonds is 5. The lowest BCUT2D eigenvalue weighted by molar-refractivity contribution is 0.346. The average Bonchev–Trinajstić information content (AvgIpc) is 2.79. The topological polar surface area (TPSA) is 53.0 Å². The molecule has 2 heterocycles. The maximum Gasteiger partial charge on any atom is 0.245 e. The van der Waals surface area contributed by atoms with Crippen LogP contribution in [-0.4, -0.2) is 45.1 Å². The van der Waals surface area contributed by atoms with Crippen molar-refractivity contribution in [2.75, 3.05) is 31.1 Å². The number of piperidine rings is 2. The summed E-state index contributed by atoms with van der Waals surface area (Å²) in [6.07, 6.45) is 7.89. The summed E-state index contributed by atoms with van der Waals surface area (Å²) in [5.41, 5.74) is 2.10. The molecule has 0 saturated carbocycles. The van der Waals surface area contributed by atoms with Crippen molar-refractivity contribution in [3.8, 4) is 0 Å². The van der Waals surface area contributed by atoms with Gasteiger partial charge in [0.1, 0.15) is 4.90 Å². The number of anilines is 1. The normalized spacial score (nSPS) is 18.6. The van der Waals surface area contributed by atoms with Crippen LogP contribution in [0.1, 0.15) is 44.1 Å². The molecule has 8 heteroatoms. The predicted molar refractivity (Wildman–Crippen MR) is 129 cm³/mol. The molecule has 2 saturated heterocycles. The molecule has 0 N–H and O–H groups in total. The zero-order chi connectivity index (χ0) is 21.8. The van der Waals surface area contributed by atoms with E-state index in [0.29, 0.717) is 33.7 Å². The van der Waals surface area contributed by atoms with Crippen LogP contribution in [0.15, 0.2) is 46.3 Å². The van der Waals surface area contributed by atoms with Gasteiger partial charge in [-0.1, -0.05) is 35.7 Å². The minimum Gasteiger partial charge on any atom is -0.370 e. The molecule has 0 aliphatic carbocycles. The Bertz CT molecular complexity index is 1060. The molecular weight excluding hydrogens is 453 g/mol. The highest BCUT2D eigenvalue weighted by molar-refractivity contribution is 7.89. The van der Waals surface area contributed by atoms with Crippen LogP contribution in [0, 0.1) is 0 Å². The standard InChI is InChI=1S/C23H27Cl2N3O2S/c24-19-8-7-18(21(25)15-19)17-26-20-9-10-22(27-11-3-1-4-12-27)23(16-20)31(29,30)28-13-5-2-6-14-28/h7-10,15-17H,1-6,11-14H2. The highest BCUT2D eigenvalue weighted by Gasteiger charge is 2.30. The number of aliphatic imine (C=N–C) groups is 1. The van der Waals surface area contributed by atoms with Crippen molar-refractivity contribution in [1.82, 2.24) is 4.31 Å². The molecule has 0 amide bonds. The fourth-order valence-electron chi connectivity index (χ4n) is 4.18. The van der Waals surface area contributed by atoms with Crippen molar-refractivity contribution < 1.29 is 8.42 Å². The summed E-state index contributed by atoms with van der Waals surface area (Å²) in [7, 11) is -3.59. The summed E-state index contributed by atoms with van der Waals surface area (Å²) in [5, 5.41) is 1.06. The first-order valence-electron chi connectivity index (χ1n) is 10.8. The van der Waals surface area contributed by atoms with Gasteiger partial charge in [-0.25, -0.2) is 8.42 Å². The first-order valence-corrected chi connectivity index (χ1v) is 13.0. The Labute approximate surface area is 194 Å². The van der Waals surface area contributed by atoms with Crippen molar-refractivity contribution in [1.29, 1.82) is 0 Å². The Balaban J connectivity index is 1.71. The Morgan fingerprint density at radius 3 is 2.19 bits per heavy atom. The quantitative estimate of drug-likeness (QED) is 0.500. The summed E-state index contributed by atoms with van der Waals surface area (Å²) < 4.78 is 28.8. The molecule has 2 aliphatic rings. The molecule has 2 aromatic carbocycles. The number of sulfonamides is 1. The molecule has 4 rings (SSSR count). The third-order valence-electron chi connectivity index (χ3n) is 5.89. The molecule has 2 fully saturated rings. The van der Waals surface area contributed by atoms with Crippen molar-refractivity contribution in [3.05, 3.63) is 52.0 Å². The smallest absolute Gasteiger partial charge is 0.245 e. The fourth-order valence-corrected chi connectivity index (χ4v) is 6.39. The number of hydrogen-bond acceptors (Lipinski definition) is 4.